The number of hydrogen-bond donors (Lipinski definition) is 2. The van der Waals surface area contributed by atoms with Gasteiger partial charge in [-0.2, -0.15) is 0 Å². The first-order valence-corrected chi connectivity index (χ1v) is 5.64. The molecule has 0 saturated carbocycles. The second-order valence-corrected chi connectivity index (χ2v) is 4.06. The molecule has 2 rings (SSSR count). The van der Waals surface area contributed by atoms with Gasteiger partial charge in [0.1, 0.15) is 12.2 Å². The summed E-state index contributed by atoms with van der Waals surface area (Å²) in [5.41, 5.74) is 1.86. The highest BCUT2D eigenvalue weighted by molar-refractivity contribution is 5.14. The summed E-state index contributed by atoms with van der Waals surface area (Å²) in [7, 11) is 0. The van der Waals surface area contributed by atoms with Crippen molar-refractivity contribution < 1.29 is 14.9 Å². The third-order valence-electron chi connectivity index (χ3n) is 2.92. The zero-order chi connectivity index (χ0) is 11.5. The zero-order valence-corrected chi connectivity index (χ0v) is 9.34. The van der Waals surface area contributed by atoms with Gasteiger partial charge in [-0.1, -0.05) is 13.0 Å². The van der Waals surface area contributed by atoms with Crippen LogP contribution in [-0.2, 0) is 11.2 Å². The summed E-state index contributed by atoms with van der Waals surface area (Å²) in [6.07, 6.45) is 0.121. The Morgan fingerprint density at radius 1 is 1.50 bits per heavy atom. The van der Waals surface area contributed by atoms with E-state index >= 15 is 0 Å². The highest BCUT2D eigenvalue weighted by atomic mass is 16.5. The zero-order valence-electron chi connectivity index (χ0n) is 9.34. The van der Waals surface area contributed by atoms with E-state index in [1.54, 1.807) is 0 Å². The van der Waals surface area contributed by atoms with Crippen molar-refractivity contribution >= 4 is 0 Å². The Balaban J connectivity index is 2.13. The predicted octanol–water partition coefficient (Wildman–Crippen LogP) is 0.827. The van der Waals surface area contributed by atoms with Gasteiger partial charge in [-0.05, 0) is 18.6 Å². The van der Waals surface area contributed by atoms with Crippen molar-refractivity contribution in [2.24, 2.45) is 0 Å². The van der Waals surface area contributed by atoms with E-state index in [9.17, 15) is 5.11 Å². The molecule has 0 bridgehead atoms. The largest absolute Gasteiger partial charge is 0.394 e. The number of hydrogen-bond acceptors (Lipinski definition) is 4. The van der Waals surface area contributed by atoms with E-state index in [1.165, 1.54) is 0 Å². The fraction of sp³-hybridized carbons (Fsp3) is 0.583. The van der Waals surface area contributed by atoms with Crippen molar-refractivity contribution in [2.75, 3.05) is 6.61 Å². The molecule has 16 heavy (non-hydrogen) atoms. The van der Waals surface area contributed by atoms with E-state index in [1.807, 2.05) is 25.1 Å². The third kappa shape index (κ3) is 2.24. The van der Waals surface area contributed by atoms with Gasteiger partial charge >= 0.3 is 0 Å². The van der Waals surface area contributed by atoms with Crippen molar-refractivity contribution in [3.63, 3.8) is 0 Å². The van der Waals surface area contributed by atoms with Crippen LogP contribution in [0.3, 0.4) is 0 Å². The van der Waals surface area contributed by atoms with Crippen molar-refractivity contribution in [1.29, 1.82) is 0 Å². The number of aromatic nitrogens is 1. The number of rotatable bonds is 3. The summed E-state index contributed by atoms with van der Waals surface area (Å²) in [4.78, 5) is 4.46. The maximum Gasteiger partial charge on any atom is 0.107 e. The summed E-state index contributed by atoms with van der Waals surface area (Å²) >= 11 is 0. The molecule has 1 aliphatic rings. The standard InChI is InChI=1S/C12H17NO3/c1-2-8-4-3-5-9(13-8)11-6-10(15)12(7-14)16-11/h3-5,10-12,14-15H,2,6-7H2,1H3/t10-,11+,12+/m0/s1. The van der Waals surface area contributed by atoms with Gasteiger partial charge < -0.3 is 14.9 Å². The fourth-order valence-electron chi connectivity index (χ4n) is 1.96. The van der Waals surface area contributed by atoms with Crippen molar-refractivity contribution in [3.8, 4) is 0 Å². The van der Waals surface area contributed by atoms with E-state index in [0.717, 1.165) is 17.8 Å². The van der Waals surface area contributed by atoms with Gasteiger partial charge in [-0.15, -0.1) is 0 Å². The first kappa shape index (κ1) is 11.5. The van der Waals surface area contributed by atoms with Crippen LogP contribution in [0.1, 0.15) is 30.8 Å². The van der Waals surface area contributed by atoms with E-state index in [0.29, 0.717) is 6.42 Å². The molecule has 88 valence electrons. The van der Waals surface area contributed by atoms with Crippen LogP contribution in [0, 0.1) is 0 Å². The molecule has 0 radical (unpaired) electrons. The minimum absolute atomic E-state index is 0.148. The maximum absolute atomic E-state index is 9.63. The Bertz CT molecular complexity index is 356. The van der Waals surface area contributed by atoms with Crippen LogP contribution in [-0.4, -0.2) is 34.0 Å². The van der Waals surface area contributed by atoms with Gasteiger partial charge in [-0.3, -0.25) is 4.98 Å². The second kappa shape index (κ2) is 4.91. The molecular weight excluding hydrogens is 206 g/mol. The summed E-state index contributed by atoms with van der Waals surface area (Å²) < 4.78 is 5.55. The lowest BCUT2D eigenvalue weighted by Gasteiger charge is -2.12. The third-order valence-corrected chi connectivity index (χ3v) is 2.92. The van der Waals surface area contributed by atoms with E-state index < -0.39 is 12.2 Å². The molecule has 0 spiro atoms. The molecule has 4 heteroatoms. The van der Waals surface area contributed by atoms with Gasteiger partial charge in [0, 0.05) is 12.1 Å². The molecule has 4 nitrogen and oxygen atoms in total. The molecule has 1 aliphatic heterocycles. The highest BCUT2D eigenvalue weighted by Gasteiger charge is 2.34. The second-order valence-electron chi connectivity index (χ2n) is 4.06. The molecule has 1 fully saturated rings. The van der Waals surface area contributed by atoms with Crippen LogP contribution in [0.4, 0.5) is 0 Å². The number of ether oxygens (including phenoxy) is 1. The normalized spacial score (nSPS) is 29.6. The maximum atomic E-state index is 9.63. The van der Waals surface area contributed by atoms with E-state index in [-0.39, 0.29) is 12.7 Å². The lowest BCUT2D eigenvalue weighted by molar-refractivity contribution is -0.0236. The Morgan fingerprint density at radius 2 is 2.31 bits per heavy atom. The number of aliphatic hydroxyl groups excluding tert-OH is 2. The number of nitrogens with zero attached hydrogens (tertiary/aromatic N) is 1. The summed E-state index contributed by atoms with van der Waals surface area (Å²) in [5, 5.41) is 18.6. The Hall–Kier alpha value is -0.970. The van der Waals surface area contributed by atoms with Crippen LogP contribution in [0.2, 0.25) is 0 Å². The summed E-state index contributed by atoms with van der Waals surface area (Å²) in [6.45, 7) is 1.90. The average Bonchev–Trinajstić information content (AvgIpc) is 2.71. The van der Waals surface area contributed by atoms with Gasteiger partial charge in [-0.25, -0.2) is 0 Å². The van der Waals surface area contributed by atoms with Gasteiger partial charge in [0.2, 0.25) is 0 Å². The molecule has 0 unspecified atom stereocenters. The minimum atomic E-state index is -0.595. The van der Waals surface area contributed by atoms with Gasteiger partial charge in [0.05, 0.1) is 18.4 Å². The Labute approximate surface area is 94.9 Å². The Kier molecular flexibility index (Phi) is 3.53. The molecule has 0 aliphatic carbocycles. The van der Waals surface area contributed by atoms with Crippen LogP contribution >= 0.6 is 0 Å². The van der Waals surface area contributed by atoms with Crippen LogP contribution in [0.5, 0.6) is 0 Å². The fourth-order valence-corrected chi connectivity index (χ4v) is 1.96. The smallest absolute Gasteiger partial charge is 0.107 e. The average molecular weight is 223 g/mol. The molecular formula is C12H17NO3. The number of aliphatic hydroxyl groups is 2. The molecule has 0 amide bonds. The molecule has 3 atom stereocenters. The lowest BCUT2D eigenvalue weighted by Crippen LogP contribution is -2.24. The quantitative estimate of drug-likeness (QED) is 0.796. The first-order valence-electron chi connectivity index (χ1n) is 5.64. The van der Waals surface area contributed by atoms with Crippen LogP contribution < -0.4 is 0 Å². The minimum Gasteiger partial charge on any atom is -0.394 e. The monoisotopic (exact) mass is 223 g/mol. The van der Waals surface area contributed by atoms with Crippen molar-refractivity contribution in [3.05, 3.63) is 29.6 Å². The van der Waals surface area contributed by atoms with Crippen molar-refractivity contribution in [1.82, 2.24) is 4.98 Å². The van der Waals surface area contributed by atoms with E-state index in [2.05, 4.69) is 4.98 Å². The first-order chi connectivity index (χ1) is 7.74. The lowest BCUT2D eigenvalue weighted by atomic mass is 10.1. The van der Waals surface area contributed by atoms with Crippen molar-refractivity contribution in [2.45, 2.75) is 38.1 Å². The topological polar surface area (TPSA) is 62.6 Å². The van der Waals surface area contributed by atoms with E-state index in [4.69, 9.17) is 9.84 Å². The molecule has 2 heterocycles. The van der Waals surface area contributed by atoms with Crippen LogP contribution in [0.15, 0.2) is 18.2 Å². The van der Waals surface area contributed by atoms with Gasteiger partial charge in [0.25, 0.3) is 0 Å². The molecule has 1 aromatic heterocycles. The molecule has 0 aromatic carbocycles. The van der Waals surface area contributed by atoms with Gasteiger partial charge in [0.15, 0.2) is 0 Å². The number of aryl methyl sites for hydroxylation is 1. The molecule has 2 N–H and O–H groups in total. The Morgan fingerprint density at radius 3 is 2.94 bits per heavy atom. The predicted molar refractivity (Wildman–Crippen MR) is 58.9 cm³/mol. The van der Waals surface area contributed by atoms with Crippen LogP contribution in [0.25, 0.3) is 0 Å². The highest BCUT2D eigenvalue weighted by Crippen LogP contribution is 2.31. The number of pyridine rings is 1. The molecule has 1 saturated heterocycles. The SMILES string of the molecule is CCc1cccc([C@H]2C[C@H](O)[C@@H](CO)O2)n1. The summed E-state index contributed by atoms with van der Waals surface area (Å²) in [5.74, 6) is 0. The molecule has 1 aromatic rings. The summed E-state index contributed by atoms with van der Waals surface area (Å²) in [6, 6.07) is 5.82.